The molecule has 26 heavy (non-hydrogen) atoms. The minimum Gasteiger partial charge on any atom is -0.402 e. The molecule has 0 saturated heterocycles. The van der Waals surface area contributed by atoms with Crippen molar-refractivity contribution in [1.29, 1.82) is 0 Å². The monoisotopic (exact) mass is 356 g/mol. The predicted molar refractivity (Wildman–Crippen MR) is 114 cm³/mol. The van der Waals surface area contributed by atoms with Crippen LogP contribution in [0.4, 0.5) is 11.4 Å². The van der Waals surface area contributed by atoms with Gasteiger partial charge in [0.25, 0.3) is 0 Å². The fourth-order valence-corrected chi connectivity index (χ4v) is 7.14. The first kappa shape index (κ1) is 20.9. The molecule has 4 heteroatoms. The molecule has 0 radical (unpaired) electrons. The van der Waals surface area contributed by atoms with Gasteiger partial charge in [0.1, 0.15) is 8.24 Å². The zero-order valence-corrected chi connectivity index (χ0v) is 18.2. The Morgan fingerprint density at radius 3 is 2.15 bits per heavy atom. The van der Waals surface area contributed by atoms with Crippen molar-refractivity contribution in [2.45, 2.75) is 46.3 Å². The molecule has 0 amide bonds. The van der Waals surface area contributed by atoms with E-state index in [1.165, 1.54) is 32.9 Å². The summed E-state index contributed by atoms with van der Waals surface area (Å²) in [5.41, 5.74) is 3.75. The van der Waals surface area contributed by atoms with Crippen LogP contribution in [0.25, 0.3) is 10.8 Å². The molecule has 0 aromatic heterocycles. The first-order valence-corrected chi connectivity index (χ1v) is 12.0. The topological polar surface area (TPSA) is 24.1 Å². The van der Waals surface area contributed by atoms with Crippen LogP contribution in [0, 0.1) is 6.92 Å². The van der Waals surface area contributed by atoms with E-state index in [0.717, 1.165) is 0 Å². The van der Waals surface area contributed by atoms with Crippen molar-refractivity contribution in [2.24, 2.45) is 0 Å². The van der Waals surface area contributed by atoms with Crippen molar-refractivity contribution in [1.82, 2.24) is 4.98 Å². The second kappa shape index (κ2) is 7.70. The molecule has 0 fully saturated rings. The molecule has 0 unspecified atom stereocenters. The van der Waals surface area contributed by atoms with Crippen LogP contribution in [0.5, 0.6) is 0 Å². The Hall–Kier alpha value is -1.38. The molecule has 3 aromatic rings. The number of hydrogen-bond donors (Lipinski definition) is 2. The summed E-state index contributed by atoms with van der Waals surface area (Å²) in [7, 11) is -1.78. The molecule has 0 atom stereocenters. The number of anilines is 2. The average molecular weight is 357 g/mol. The number of rotatable bonds is 4. The van der Waals surface area contributed by atoms with Gasteiger partial charge in [-0.1, -0.05) is 43.0 Å². The van der Waals surface area contributed by atoms with Gasteiger partial charge in [0.2, 0.25) is 0 Å². The summed E-state index contributed by atoms with van der Waals surface area (Å²) < 4.78 is 0. The van der Waals surface area contributed by atoms with E-state index in [2.05, 4.69) is 106 Å². The molecule has 132 valence electrons. The van der Waals surface area contributed by atoms with E-state index in [1.807, 2.05) is 0 Å². The second-order valence-electron chi connectivity index (χ2n) is 8.46. The summed E-state index contributed by atoms with van der Waals surface area (Å²) in [4.78, 5) is 3.90. The number of benzene rings is 2. The molecular formula is C22H29LiN2Si. The third kappa shape index (κ3) is 4.47. The molecule has 0 aliphatic heterocycles. The molecule has 0 aliphatic carbocycles. The van der Waals surface area contributed by atoms with Crippen molar-refractivity contribution in [2.75, 3.05) is 5.32 Å². The average Bonchev–Trinajstić information content (AvgIpc) is 2.87. The zero-order valence-electron chi connectivity index (χ0n) is 17.2. The molecule has 0 aliphatic rings. The number of fused-ring (bicyclic) bond motifs is 1. The predicted octanol–water partition coefficient (Wildman–Crippen LogP) is 2.41. The van der Waals surface area contributed by atoms with Gasteiger partial charge in [-0.3, -0.25) is 0 Å². The van der Waals surface area contributed by atoms with Gasteiger partial charge in [0.05, 0.1) is 0 Å². The smallest absolute Gasteiger partial charge is 0.402 e. The van der Waals surface area contributed by atoms with Crippen LogP contribution in [0.3, 0.4) is 0 Å². The number of hydrogen-bond acceptors (Lipinski definition) is 2. The third-order valence-electron chi connectivity index (χ3n) is 4.57. The van der Waals surface area contributed by atoms with E-state index < -0.39 is 8.24 Å². The number of nitrogens with one attached hydrogen (secondary N) is 2. The van der Waals surface area contributed by atoms with E-state index in [1.54, 1.807) is 0 Å². The van der Waals surface area contributed by atoms with Crippen LogP contribution in [-0.4, -0.2) is 13.8 Å². The first-order valence-electron chi connectivity index (χ1n) is 8.98. The standard InChI is InChI=1S/C22H29N2Si.Li/c1-16-11-7-10-14-19(16)23-20-15-21(18-13-9-8-12-17(18)20)25(5,6)24-22(2,3)4;/h7-15,23-24H,1-6H3;/q-1;+1. The van der Waals surface area contributed by atoms with Crippen molar-refractivity contribution < 1.29 is 18.9 Å². The second-order valence-corrected chi connectivity index (χ2v) is 12.5. The summed E-state index contributed by atoms with van der Waals surface area (Å²) in [6.45, 7) is 13.7. The van der Waals surface area contributed by atoms with E-state index in [4.69, 9.17) is 0 Å². The van der Waals surface area contributed by atoms with Crippen LogP contribution < -0.4 is 34.3 Å². The Kier molecular flexibility index (Phi) is 6.20. The number of para-hydroxylation sites is 1. The molecular weight excluding hydrogens is 327 g/mol. The van der Waals surface area contributed by atoms with Crippen molar-refractivity contribution in [3.05, 3.63) is 60.2 Å². The maximum atomic E-state index is 3.90. The Morgan fingerprint density at radius 1 is 0.885 bits per heavy atom. The third-order valence-corrected chi connectivity index (χ3v) is 7.71. The fraction of sp³-hybridized carbons (Fsp3) is 0.318. The van der Waals surface area contributed by atoms with Gasteiger partial charge in [0.15, 0.2) is 0 Å². The summed E-state index contributed by atoms with van der Waals surface area (Å²) in [5, 5.41) is 7.80. The minimum absolute atomic E-state index is 0. The molecule has 0 heterocycles. The Balaban J connectivity index is 0.00000243. The first-order chi connectivity index (χ1) is 11.7. The minimum atomic E-state index is -1.78. The van der Waals surface area contributed by atoms with Gasteiger partial charge in [0, 0.05) is 11.2 Å². The van der Waals surface area contributed by atoms with Gasteiger partial charge < -0.3 is 10.3 Å². The van der Waals surface area contributed by atoms with Gasteiger partial charge in [-0.05, 0) is 39.3 Å². The Morgan fingerprint density at radius 2 is 1.50 bits per heavy atom. The largest absolute Gasteiger partial charge is 1.00 e. The summed E-state index contributed by atoms with van der Waals surface area (Å²) in [6, 6.07) is 19.6. The van der Waals surface area contributed by atoms with Crippen molar-refractivity contribution in [3.63, 3.8) is 0 Å². The van der Waals surface area contributed by atoms with Gasteiger partial charge >= 0.3 is 18.9 Å². The zero-order chi connectivity index (χ0) is 18.2. The van der Waals surface area contributed by atoms with E-state index in [0.29, 0.717) is 0 Å². The van der Waals surface area contributed by atoms with Gasteiger partial charge in [-0.25, -0.2) is 0 Å². The quantitative estimate of drug-likeness (QED) is 0.554. The van der Waals surface area contributed by atoms with E-state index in [9.17, 15) is 0 Å². The Labute approximate surface area is 171 Å². The van der Waals surface area contributed by atoms with Crippen LogP contribution in [0.1, 0.15) is 26.3 Å². The SMILES string of the molecule is Cc1ccccc1Nc1c[c-]([Si](C)(C)NC(C)(C)C)c2ccccc12.[Li+]. The summed E-state index contributed by atoms with van der Waals surface area (Å²) in [6.07, 6.45) is 0. The van der Waals surface area contributed by atoms with E-state index >= 15 is 0 Å². The molecule has 3 aromatic carbocycles. The Bertz CT molecular complexity index is 891. The van der Waals surface area contributed by atoms with Crippen LogP contribution in [0.15, 0.2) is 54.6 Å². The van der Waals surface area contributed by atoms with Crippen molar-refractivity contribution >= 4 is 35.6 Å². The van der Waals surface area contributed by atoms with Gasteiger partial charge in [-0.2, -0.15) is 0 Å². The van der Waals surface area contributed by atoms with Gasteiger partial charge in [-0.15, -0.1) is 40.2 Å². The fourth-order valence-electron chi connectivity index (χ4n) is 3.74. The van der Waals surface area contributed by atoms with Crippen molar-refractivity contribution in [3.8, 4) is 0 Å². The molecule has 3 rings (SSSR count). The van der Waals surface area contributed by atoms with Crippen LogP contribution >= 0.6 is 0 Å². The maximum Gasteiger partial charge on any atom is 1.00 e. The van der Waals surface area contributed by atoms with Crippen LogP contribution in [-0.2, 0) is 0 Å². The molecule has 0 bridgehead atoms. The molecule has 0 spiro atoms. The molecule has 2 nitrogen and oxygen atoms in total. The summed E-state index contributed by atoms with van der Waals surface area (Å²) >= 11 is 0. The summed E-state index contributed by atoms with van der Waals surface area (Å²) in [5.74, 6) is 0. The maximum absolute atomic E-state index is 3.90. The van der Waals surface area contributed by atoms with E-state index in [-0.39, 0.29) is 24.4 Å². The normalized spacial score (nSPS) is 12.1. The molecule has 0 saturated carbocycles. The molecule has 2 N–H and O–H groups in total. The number of aryl methyl sites for hydroxylation is 1. The van der Waals surface area contributed by atoms with Crippen LogP contribution in [0.2, 0.25) is 13.1 Å².